The molecule has 1 amide bonds. The lowest BCUT2D eigenvalue weighted by molar-refractivity contribution is -0.141. The molecule has 0 radical (unpaired) electrons. The molecule has 3 aromatic rings. The van der Waals surface area contributed by atoms with Crippen LogP contribution in [0.3, 0.4) is 0 Å². The highest BCUT2D eigenvalue weighted by atomic mass is 16.5. The molecule has 1 N–H and O–H groups in total. The number of fused-ring (bicyclic) bond motifs is 1. The minimum absolute atomic E-state index is 0.0853. The average molecular weight is 365 g/mol. The number of amides is 1. The van der Waals surface area contributed by atoms with Gasteiger partial charge in [-0.15, -0.1) is 0 Å². The van der Waals surface area contributed by atoms with Gasteiger partial charge in [-0.25, -0.2) is 4.98 Å². The van der Waals surface area contributed by atoms with Gasteiger partial charge in [0.15, 0.2) is 0 Å². The molecule has 0 aliphatic rings. The molecule has 0 fully saturated rings. The van der Waals surface area contributed by atoms with Crippen LogP contribution in [0.2, 0.25) is 0 Å². The van der Waals surface area contributed by atoms with Gasteiger partial charge in [-0.3, -0.25) is 9.59 Å². The molecule has 0 spiro atoms. The summed E-state index contributed by atoms with van der Waals surface area (Å²) >= 11 is 0. The standard InChI is InChI=1S/C21H23N3O3/c1-24-14-22-13-16(24)10-11-20(25)23-19(12-21(26)27-2)18-9-5-7-15-6-3-4-8-17(15)18/h3-9,13-14,19H,10-12H2,1-2H3,(H,23,25)/t19-/m0/s1. The van der Waals surface area contributed by atoms with E-state index in [0.717, 1.165) is 22.0 Å². The molecule has 0 saturated heterocycles. The number of ether oxygens (including phenoxy) is 1. The number of nitrogens with zero attached hydrogens (tertiary/aromatic N) is 2. The summed E-state index contributed by atoms with van der Waals surface area (Å²) < 4.78 is 6.72. The molecular formula is C21H23N3O3. The second kappa shape index (κ2) is 8.49. The lowest BCUT2D eigenvalue weighted by atomic mass is 9.96. The van der Waals surface area contributed by atoms with Gasteiger partial charge in [0, 0.05) is 25.4 Å². The van der Waals surface area contributed by atoms with Crippen molar-refractivity contribution in [3.8, 4) is 0 Å². The Balaban J connectivity index is 1.79. The van der Waals surface area contributed by atoms with Crippen molar-refractivity contribution in [3.05, 3.63) is 66.2 Å². The number of carbonyl (C=O) groups excluding carboxylic acids is 2. The SMILES string of the molecule is COC(=O)C[C@H](NC(=O)CCc1cncn1C)c1cccc2ccccc12. The van der Waals surface area contributed by atoms with Crippen molar-refractivity contribution in [2.45, 2.75) is 25.3 Å². The van der Waals surface area contributed by atoms with Gasteiger partial charge < -0.3 is 14.6 Å². The summed E-state index contributed by atoms with van der Waals surface area (Å²) in [6, 6.07) is 13.4. The van der Waals surface area contributed by atoms with E-state index < -0.39 is 6.04 Å². The topological polar surface area (TPSA) is 73.2 Å². The predicted octanol–water partition coefficient (Wildman–Crippen LogP) is 2.93. The maximum Gasteiger partial charge on any atom is 0.307 e. The molecule has 1 aromatic heterocycles. The summed E-state index contributed by atoms with van der Waals surface area (Å²) in [6.07, 6.45) is 4.46. The number of esters is 1. The normalized spacial score (nSPS) is 11.9. The molecule has 0 aliphatic heterocycles. The van der Waals surface area contributed by atoms with E-state index in [1.165, 1.54) is 7.11 Å². The fourth-order valence-electron chi connectivity index (χ4n) is 3.18. The summed E-state index contributed by atoms with van der Waals surface area (Å²) in [5, 5.41) is 5.08. The van der Waals surface area contributed by atoms with E-state index in [2.05, 4.69) is 10.3 Å². The molecular weight excluding hydrogens is 342 g/mol. The molecule has 0 saturated carbocycles. The Morgan fingerprint density at radius 3 is 2.70 bits per heavy atom. The molecule has 27 heavy (non-hydrogen) atoms. The Kier molecular flexibility index (Phi) is 5.86. The molecule has 1 atom stereocenters. The minimum atomic E-state index is -0.442. The lowest BCUT2D eigenvalue weighted by Crippen LogP contribution is -2.31. The summed E-state index contributed by atoms with van der Waals surface area (Å²) in [4.78, 5) is 28.5. The number of rotatable bonds is 7. The van der Waals surface area contributed by atoms with Crippen molar-refractivity contribution in [2.75, 3.05) is 7.11 Å². The maximum absolute atomic E-state index is 12.5. The van der Waals surface area contributed by atoms with Gasteiger partial charge in [-0.1, -0.05) is 42.5 Å². The average Bonchev–Trinajstić information content (AvgIpc) is 3.10. The first-order valence-electron chi connectivity index (χ1n) is 8.87. The van der Waals surface area contributed by atoms with Crippen molar-refractivity contribution < 1.29 is 14.3 Å². The Bertz CT molecular complexity index is 943. The monoisotopic (exact) mass is 365 g/mol. The molecule has 0 unspecified atom stereocenters. The van der Waals surface area contributed by atoms with Crippen LogP contribution in [-0.4, -0.2) is 28.5 Å². The van der Waals surface area contributed by atoms with Crippen molar-refractivity contribution in [2.24, 2.45) is 7.05 Å². The number of imidazole rings is 1. The van der Waals surface area contributed by atoms with Crippen LogP contribution >= 0.6 is 0 Å². The van der Waals surface area contributed by atoms with Gasteiger partial charge in [0.25, 0.3) is 0 Å². The number of carbonyl (C=O) groups is 2. The van der Waals surface area contributed by atoms with E-state index in [1.807, 2.05) is 54.1 Å². The van der Waals surface area contributed by atoms with Crippen molar-refractivity contribution in [3.63, 3.8) is 0 Å². The highest BCUT2D eigenvalue weighted by Gasteiger charge is 2.21. The molecule has 0 aliphatic carbocycles. The molecule has 3 rings (SSSR count). The molecule has 6 nitrogen and oxygen atoms in total. The van der Waals surface area contributed by atoms with E-state index >= 15 is 0 Å². The number of hydrogen-bond donors (Lipinski definition) is 1. The van der Waals surface area contributed by atoms with Crippen LogP contribution in [-0.2, 0) is 27.8 Å². The number of aromatic nitrogens is 2. The number of benzene rings is 2. The summed E-state index contributed by atoms with van der Waals surface area (Å²) in [5.74, 6) is -0.474. The number of aryl methyl sites for hydroxylation is 2. The maximum atomic E-state index is 12.5. The molecule has 140 valence electrons. The number of methoxy groups -OCH3 is 1. The van der Waals surface area contributed by atoms with Crippen molar-refractivity contribution >= 4 is 22.6 Å². The van der Waals surface area contributed by atoms with Crippen LogP contribution in [0.4, 0.5) is 0 Å². The summed E-state index contributed by atoms with van der Waals surface area (Å²) in [7, 11) is 3.25. The molecule has 1 heterocycles. The lowest BCUT2D eigenvalue weighted by Gasteiger charge is -2.20. The zero-order valence-corrected chi connectivity index (χ0v) is 15.5. The Labute approximate surface area is 158 Å². The summed E-state index contributed by atoms with van der Waals surface area (Å²) in [5.41, 5.74) is 1.90. The zero-order chi connectivity index (χ0) is 19.2. The first-order valence-corrected chi connectivity index (χ1v) is 8.87. The van der Waals surface area contributed by atoms with Gasteiger partial charge in [-0.2, -0.15) is 0 Å². The Morgan fingerprint density at radius 1 is 1.19 bits per heavy atom. The number of nitrogens with one attached hydrogen (secondary N) is 1. The van der Waals surface area contributed by atoms with E-state index in [9.17, 15) is 9.59 Å². The minimum Gasteiger partial charge on any atom is -0.469 e. The third-order valence-electron chi connectivity index (χ3n) is 4.66. The van der Waals surface area contributed by atoms with E-state index in [0.29, 0.717) is 12.8 Å². The third-order valence-corrected chi connectivity index (χ3v) is 4.66. The van der Waals surface area contributed by atoms with E-state index in [4.69, 9.17) is 4.74 Å². The van der Waals surface area contributed by atoms with Gasteiger partial charge in [0.2, 0.25) is 5.91 Å². The van der Waals surface area contributed by atoms with Crippen molar-refractivity contribution in [1.29, 1.82) is 0 Å². The largest absolute Gasteiger partial charge is 0.469 e. The van der Waals surface area contributed by atoms with Gasteiger partial charge in [0.05, 0.1) is 25.9 Å². The van der Waals surface area contributed by atoms with Crippen LogP contribution in [0.15, 0.2) is 55.0 Å². The third kappa shape index (κ3) is 4.53. The molecule has 2 aromatic carbocycles. The second-order valence-electron chi connectivity index (χ2n) is 6.46. The zero-order valence-electron chi connectivity index (χ0n) is 15.5. The smallest absolute Gasteiger partial charge is 0.307 e. The fourth-order valence-corrected chi connectivity index (χ4v) is 3.18. The van der Waals surface area contributed by atoms with Gasteiger partial charge in [-0.05, 0) is 22.8 Å². The van der Waals surface area contributed by atoms with Gasteiger partial charge in [0.1, 0.15) is 0 Å². The highest BCUT2D eigenvalue weighted by molar-refractivity contribution is 5.87. The number of hydrogen-bond acceptors (Lipinski definition) is 4. The fraction of sp³-hybridized carbons (Fsp3) is 0.286. The second-order valence-corrected chi connectivity index (χ2v) is 6.46. The van der Waals surface area contributed by atoms with Crippen LogP contribution in [0.25, 0.3) is 10.8 Å². The van der Waals surface area contributed by atoms with Gasteiger partial charge >= 0.3 is 5.97 Å². The van der Waals surface area contributed by atoms with Crippen LogP contribution in [0.1, 0.15) is 30.1 Å². The molecule has 0 bridgehead atoms. The van der Waals surface area contributed by atoms with Crippen LogP contribution in [0.5, 0.6) is 0 Å². The Morgan fingerprint density at radius 2 is 1.96 bits per heavy atom. The first-order chi connectivity index (χ1) is 13.1. The van der Waals surface area contributed by atoms with Crippen molar-refractivity contribution in [1.82, 2.24) is 14.9 Å². The van der Waals surface area contributed by atoms with Crippen LogP contribution in [0, 0.1) is 0 Å². The predicted molar refractivity (Wildman–Crippen MR) is 103 cm³/mol. The summed E-state index contributed by atoms with van der Waals surface area (Å²) in [6.45, 7) is 0. The van der Waals surface area contributed by atoms with E-state index in [-0.39, 0.29) is 18.3 Å². The Hall–Kier alpha value is -3.15. The van der Waals surface area contributed by atoms with Crippen LogP contribution < -0.4 is 5.32 Å². The highest BCUT2D eigenvalue weighted by Crippen LogP contribution is 2.27. The first kappa shape index (κ1) is 18.6. The molecule has 6 heteroatoms. The quantitative estimate of drug-likeness (QED) is 0.654. The van der Waals surface area contributed by atoms with E-state index in [1.54, 1.807) is 12.5 Å².